The number of ether oxygens (including phenoxy) is 1. The molecule has 0 aliphatic heterocycles. The number of sulfonamides is 1. The van der Waals surface area contributed by atoms with E-state index in [2.05, 4.69) is 10.6 Å². The van der Waals surface area contributed by atoms with Crippen LogP contribution >= 0.6 is 0 Å². The maximum Gasteiger partial charge on any atom is 0.243 e. The lowest BCUT2D eigenvalue weighted by Crippen LogP contribution is -2.56. The average molecular weight is 562 g/mol. The van der Waals surface area contributed by atoms with Crippen LogP contribution in [0.2, 0.25) is 0 Å². The Morgan fingerprint density at radius 1 is 0.974 bits per heavy atom. The van der Waals surface area contributed by atoms with Crippen molar-refractivity contribution in [2.45, 2.75) is 70.5 Å². The van der Waals surface area contributed by atoms with Crippen molar-refractivity contribution in [3.05, 3.63) is 60.2 Å². The van der Waals surface area contributed by atoms with Crippen LogP contribution in [0.5, 0.6) is 5.75 Å². The van der Waals surface area contributed by atoms with Gasteiger partial charge in [0, 0.05) is 20.0 Å². The van der Waals surface area contributed by atoms with Crippen LogP contribution in [0.1, 0.15) is 46.6 Å². The minimum atomic E-state index is -3.96. The first-order valence-corrected chi connectivity index (χ1v) is 14.8. The second-order valence-corrected chi connectivity index (χ2v) is 12.2. The molecule has 2 aromatic rings. The molecule has 0 fully saturated rings. The summed E-state index contributed by atoms with van der Waals surface area (Å²) in [6.45, 7) is 8.89. The van der Waals surface area contributed by atoms with Crippen LogP contribution in [-0.4, -0.2) is 68.0 Å². The van der Waals surface area contributed by atoms with E-state index in [0.717, 1.165) is 12.0 Å². The molecule has 2 aromatic carbocycles. The van der Waals surface area contributed by atoms with Gasteiger partial charge < -0.3 is 20.5 Å². The fraction of sp³-hybridized carbons (Fsp3) is 0.517. The maximum absolute atomic E-state index is 13.7. The third kappa shape index (κ3) is 9.63. The Morgan fingerprint density at radius 2 is 1.59 bits per heavy atom. The first-order valence-electron chi connectivity index (χ1n) is 13.3. The molecule has 2 amide bonds. The largest absolute Gasteiger partial charge is 0.497 e. The lowest BCUT2D eigenvalue weighted by Gasteiger charge is -2.32. The molecule has 2 rings (SSSR count). The Hall–Kier alpha value is -2.95. The number of hydrogen-bond acceptors (Lipinski definition) is 6. The van der Waals surface area contributed by atoms with Crippen LogP contribution in [0, 0.1) is 11.8 Å². The molecule has 0 aromatic heterocycles. The molecule has 4 atom stereocenters. The van der Waals surface area contributed by atoms with E-state index < -0.39 is 34.1 Å². The predicted octanol–water partition coefficient (Wildman–Crippen LogP) is 2.98. The number of carbonyl (C=O) groups is 2. The van der Waals surface area contributed by atoms with E-state index in [4.69, 9.17) is 4.74 Å². The molecule has 3 N–H and O–H groups in total. The van der Waals surface area contributed by atoms with Gasteiger partial charge in [-0.2, -0.15) is 4.31 Å². The molecule has 0 saturated heterocycles. The fourth-order valence-electron chi connectivity index (χ4n) is 4.16. The molecule has 3 unspecified atom stereocenters. The molecule has 216 valence electrons. The van der Waals surface area contributed by atoms with Crippen LogP contribution in [-0.2, 0) is 26.0 Å². The Kier molecular flexibility index (Phi) is 12.4. The van der Waals surface area contributed by atoms with Crippen molar-refractivity contribution in [1.82, 2.24) is 14.9 Å². The first kappa shape index (κ1) is 32.3. The van der Waals surface area contributed by atoms with Gasteiger partial charge in [0.05, 0.1) is 24.2 Å². The van der Waals surface area contributed by atoms with E-state index in [1.165, 1.54) is 30.5 Å². The number of carbonyl (C=O) groups excluding carboxylic acids is 2. The third-order valence-corrected chi connectivity index (χ3v) is 8.54. The highest BCUT2D eigenvalue weighted by Crippen LogP contribution is 2.22. The molecule has 0 aliphatic carbocycles. The smallest absolute Gasteiger partial charge is 0.243 e. The summed E-state index contributed by atoms with van der Waals surface area (Å²) >= 11 is 0. The van der Waals surface area contributed by atoms with Crippen molar-refractivity contribution in [2.24, 2.45) is 11.8 Å². The second kappa shape index (κ2) is 15.0. The molecule has 0 bridgehead atoms. The van der Waals surface area contributed by atoms with Gasteiger partial charge >= 0.3 is 0 Å². The van der Waals surface area contributed by atoms with Gasteiger partial charge in [0.1, 0.15) is 11.8 Å². The highest BCUT2D eigenvalue weighted by molar-refractivity contribution is 7.89. The second-order valence-electron chi connectivity index (χ2n) is 10.3. The van der Waals surface area contributed by atoms with Gasteiger partial charge in [-0.25, -0.2) is 8.42 Å². The zero-order valence-corrected chi connectivity index (χ0v) is 24.6. The number of aliphatic hydroxyl groups is 1. The van der Waals surface area contributed by atoms with Gasteiger partial charge in [0.2, 0.25) is 21.8 Å². The molecule has 0 saturated carbocycles. The van der Waals surface area contributed by atoms with E-state index in [-0.39, 0.29) is 42.1 Å². The molecular formula is C29H43N3O6S. The number of nitrogens with one attached hydrogen (secondary N) is 2. The zero-order valence-electron chi connectivity index (χ0n) is 23.8. The Labute approximate surface area is 233 Å². The summed E-state index contributed by atoms with van der Waals surface area (Å²) in [6, 6.07) is 13.9. The molecule has 0 heterocycles. The number of methoxy groups -OCH3 is 1. The van der Waals surface area contributed by atoms with Crippen LogP contribution in [0.25, 0.3) is 0 Å². The van der Waals surface area contributed by atoms with Gasteiger partial charge in [0.15, 0.2) is 0 Å². The van der Waals surface area contributed by atoms with E-state index in [1.54, 1.807) is 12.1 Å². The summed E-state index contributed by atoms with van der Waals surface area (Å²) < 4.78 is 33.8. The lowest BCUT2D eigenvalue weighted by atomic mass is 9.98. The first-order chi connectivity index (χ1) is 18.4. The van der Waals surface area contributed by atoms with Crippen LogP contribution in [0.4, 0.5) is 0 Å². The summed E-state index contributed by atoms with van der Waals surface area (Å²) in [7, 11) is -2.45. The number of benzene rings is 2. The van der Waals surface area contributed by atoms with Crippen molar-refractivity contribution < 1.29 is 27.9 Å². The van der Waals surface area contributed by atoms with Gasteiger partial charge in [-0.1, -0.05) is 64.4 Å². The molecule has 9 nitrogen and oxygen atoms in total. The monoisotopic (exact) mass is 561 g/mol. The SMILES string of the molecule is CCC(C)CN(CC(O)C(Cc1ccccc1)NC(=O)[C@@H](NC(C)=O)C(C)C)S(=O)(=O)c1ccc(OC)cc1. The van der Waals surface area contributed by atoms with Gasteiger partial charge in [-0.15, -0.1) is 0 Å². The van der Waals surface area contributed by atoms with Crippen molar-refractivity contribution >= 4 is 21.8 Å². The molecule has 0 spiro atoms. The number of rotatable bonds is 15. The Bertz CT molecular complexity index is 1160. The normalized spacial score (nSPS) is 14.9. The summed E-state index contributed by atoms with van der Waals surface area (Å²) in [4.78, 5) is 25.0. The summed E-state index contributed by atoms with van der Waals surface area (Å²) in [5.74, 6) is -0.397. The van der Waals surface area contributed by atoms with Crippen molar-refractivity contribution in [1.29, 1.82) is 0 Å². The van der Waals surface area contributed by atoms with E-state index in [0.29, 0.717) is 5.75 Å². The Morgan fingerprint density at radius 3 is 2.10 bits per heavy atom. The number of aliphatic hydroxyl groups excluding tert-OH is 1. The number of nitrogens with zero attached hydrogens (tertiary/aromatic N) is 1. The van der Waals surface area contributed by atoms with Crippen molar-refractivity contribution in [3.63, 3.8) is 0 Å². The average Bonchev–Trinajstić information content (AvgIpc) is 2.91. The summed E-state index contributed by atoms with van der Waals surface area (Å²) in [5.41, 5.74) is 0.869. The fourth-order valence-corrected chi connectivity index (χ4v) is 5.74. The van der Waals surface area contributed by atoms with E-state index in [9.17, 15) is 23.1 Å². The van der Waals surface area contributed by atoms with Gasteiger partial charge in [-0.05, 0) is 48.1 Å². The lowest BCUT2D eigenvalue weighted by molar-refractivity contribution is -0.130. The van der Waals surface area contributed by atoms with Crippen LogP contribution in [0.3, 0.4) is 0 Å². The van der Waals surface area contributed by atoms with Gasteiger partial charge in [-0.3, -0.25) is 9.59 Å². The van der Waals surface area contributed by atoms with Crippen molar-refractivity contribution in [2.75, 3.05) is 20.2 Å². The van der Waals surface area contributed by atoms with Crippen molar-refractivity contribution in [3.8, 4) is 5.75 Å². The minimum Gasteiger partial charge on any atom is -0.497 e. The van der Waals surface area contributed by atoms with E-state index in [1.807, 2.05) is 58.0 Å². The zero-order chi connectivity index (χ0) is 29.2. The van der Waals surface area contributed by atoms with Crippen LogP contribution in [0.15, 0.2) is 59.5 Å². The minimum absolute atomic E-state index is 0.0393. The molecule has 10 heteroatoms. The number of hydrogen-bond donors (Lipinski definition) is 3. The molecular weight excluding hydrogens is 518 g/mol. The summed E-state index contributed by atoms with van der Waals surface area (Å²) in [5, 5.41) is 17.0. The van der Waals surface area contributed by atoms with Gasteiger partial charge in [0.25, 0.3) is 0 Å². The number of amides is 2. The highest BCUT2D eigenvalue weighted by atomic mass is 32.2. The standard InChI is InChI=1S/C29H43N3O6S/c1-7-21(4)18-32(39(36,37)25-15-13-24(38-6)14-16-25)19-27(34)26(17-23-11-9-8-10-12-23)31-29(35)28(20(2)3)30-22(5)33/h8-16,20-21,26-28,34H,7,17-19H2,1-6H3,(H,30,33)(H,31,35)/t21?,26?,27?,28-/m0/s1. The predicted molar refractivity (Wildman–Crippen MR) is 152 cm³/mol. The van der Waals surface area contributed by atoms with Crippen LogP contribution < -0.4 is 15.4 Å². The highest BCUT2D eigenvalue weighted by Gasteiger charge is 2.33. The Balaban J connectivity index is 2.39. The summed E-state index contributed by atoms with van der Waals surface area (Å²) in [6.07, 6.45) is -0.198. The molecule has 0 radical (unpaired) electrons. The topological polar surface area (TPSA) is 125 Å². The third-order valence-electron chi connectivity index (χ3n) is 6.70. The quantitative estimate of drug-likeness (QED) is 0.307. The van der Waals surface area contributed by atoms with E-state index >= 15 is 0 Å². The molecule has 0 aliphatic rings. The maximum atomic E-state index is 13.7. The molecule has 39 heavy (non-hydrogen) atoms.